The third-order valence-corrected chi connectivity index (χ3v) is 3.06. The Bertz CT molecular complexity index is 564. The van der Waals surface area contributed by atoms with E-state index in [1.54, 1.807) is 20.2 Å². The van der Waals surface area contributed by atoms with E-state index in [0.717, 1.165) is 0 Å². The van der Waals surface area contributed by atoms with Crippen molar-refractivity contribution in [1.82, 2.24) is 9.88 Å². The van der Waals surface area contributed by atoms with Crippen molar-refractivity contribution in [2.75, 3.05) is 13.7 Å². The number of hydrogen-bond acceptors (Lipinski definition) is 4. The minimum atomic E-state index is -1.04. The van der Waals surface area contributed by atoms with Gasteiger partial charge in [0.2, 0.25) is 0 Å². The molecule has 0 bridgehead atoms. The highest BCUT2D eigenvalue weighted by atomic mass is 16.5. The maximum absolute atomic E-state index is 12.3. The van der Waals surface area contributed by atoms with Crippen LogP contribution in [0, 0.1) is 0 Å². The maximum atomic E-state index is 12.3. The van der Waals surface area contributed by atoms with Crippen LogP contribution >= 0.6 is 0 Å². The molecule has 1 amide bonds. The molecular weight excluding hydrogens is 276 g/mol. The number of carbonyl (C=O) groups is 3. The lowest BCUT2D eigenvalue weighted by Gasteiger charge is -2.28. The highest BCUT2D eigenvalue weighted by Crippen LogP contribution is 2.14. The number of carboxylic acids is 1. The van der Waals surface area contributed by atoms with Crippen LogP contribution in [0.1, 0.15) is 41.1 Å². The second-order valence-electron chi connectivity index (χ2n) is 5.30. The third-order valence-electron chi connectivity index (χ3n) is 3.06. The summed E-state index contributed by atoms with van der Waals surface area (Å²) < 4.78 is 6.51. The van der Waals surface area contributed by atoms with Crippen LogP contribution < -0.4 is 5.32 Å². The zero-order valence-corrected chi connectivity index (χ0v) is 12.6. The van der Waals surface area contributed by atoms with Crippen molar-refractivity contribution in [2.24, 2.45) is 7.05 Å². The fourth-order valence-electron chi connectivity index (χ4n) is 2.10. The lowest BCUT2D eigenvalue weighted by Crippen LogP contribution is -2.51. The number of aliphatic carboxylic acids is 1. The van der Waals surface area contributed by atoms with Crippen molar-refractivity contribution < 1.29 is 24.2 Å². The van der Waals surface area contributed by atoms with Crippen molar-refractivity contribution in [3.8, 4) is 0 Å². The normalized spacial score (nSPS) is 13.5. The van der Waals surface area contributed by atoms with Crippen LogP contribution in [0.5, 0.6) is 0 Å². The first-order valence-electron chi connectivity index (χ1n) is 6.39. The highest BCUT2D eigenvalue weighted by molar-refractivity contribution is 5.99. The number of ketones is 1. The molecule has 2 N–H and O–H groups in total. The van der Waals surface area contributed by atoms with Crippen LogP contribution in [0.25, 0.3) is 0 Å². The maximum Gasteiger partial charge on any atom is 0.305 e. The number of hydrogen-bond donors (Lipinski definition) is 2. The molecule has 0 aliphatic rings. The average Bonchev–Trinajstić information content (AvgIpc) is 2.70. The lowest BCUT2D eigenvalue weighted by atomic mass is 9.98. The van der Waals surface area contributed by atoms with E-state index in [1.165, 1.54) is 24.7 Å². The molecule has 0 fully saturated rings. The Morgan fingerprint density at radius 3 is 2.48 bits per heavy atom. The molecule has 1 aromatic rings. The number of aryl methyl sites for hydroxylation is 1. The molecule has 116 valence electrons. The minimum absolute atomic E-state index is 0.0645. The standard InChI is InChI=1S/C14H20N2O5/c1-9(17)10-5-11(16(3)7-10)13(20)15-14(2,8-21-4)6-12(18)19/h5,7H,6,8H2,1-4H3,(H,15,20)(H,18,19). The van der Waals surface area contributed by atoms with Crippen LogP contribution in [0.3, 0.4) is 0 Å². The van der Waals surface area contributed by atoms with Gasteiger partial charge in [-0.05, 0) is 19.9 Å². The van der Waals surface area contributed by atoms with Crippen molar-refractivity contribution in [3.05, 3.63) is 23.5 Å². The Morgan fingerprint density at radius 2 is 2.05 bits per heavy atom. The summed E-state index contributed by atoms with van der Waals surface area (Å²) in [6.45, 7) is 3.07. The van der Waals surface area contributed by atoms with Gasteiger partial charge in [0.1, 0.15) is 5.69 Å². The summed E-state index contributed by atoms with van der Waals surface area (Å²) in [7, 11) is 3.08. The zero-order chi connectivity index (χ0) is 16.2. The Kier molecular flexibility index (Phi) is 5.26. The number of nitrogens with zero attached hydrogens (tertiary/aromatic N) is 1. The smallest absolute Gasteiger partial charge is 0.305 e. The quantitative estimate of drug-likeness (QED) is 0.727. The average molecular weight is 296 g/mol. The van der Waals surface area contributed by atoms with Crippen LogP contribution in [0.15, 0.2) is 12.3 Å². The van der Waals surface area contributed by atoms with Crippen LogP contribution in [0.4, 0.5) is 0 Å². The number of carboxylic acid groups (broad SMARTS) is 1. The summed E-state index contributed by atoms with van der Waals surface area (Å²) in [6, 6.07) is 1.48. The Balaban J connectivity index is 2.96. The SMILES string of the molecule is COCC(C)(CC(=O)O)NC(=O)c1cc(C(C)=O)cn1C. The van der Waals surface area contributed by atoms with E-state index in [1.807, 2.05) is 0 Å². The van der Waals surface area contributed by atoms with E-state index >= 15 is 0 Å². The Morgan fingerprint density at radius 1 is 1.43 bits per heavy atom. The Hall–Kier alpha value is -2.15. The number of methoxy groups -OCH3 is 1. The van der Waals surface area contributed by atoms with E-state index in [0.29, 0.717) is 5.56 Å². The molecule has 7 nitrogen and oxygen atoms in total. The number of aromatic nitrogens is 1. The first-order valence-corrected chi connectivity index (χ1v) is 6.39. The van der Waals surface area contributed by atoms with Crippen molar-refractivity contribution >= 4 is 17.7 Å². The number of amides is 1. The number of Topliss-reactive ketones (excluding diaryl/α,β-unsaturated/α-hetero) is 1. The second kappa shape index (κ2) is 6.53. The van der Waals surface area contributed by atoms with Crippen LogP contribution in [0.2, 0.25) is 0 Å². The zero-order valence-electron chi connectivity index (χ0n) is 12.6. The van der Waals surface area contributed by atoms with Gasteiger partial charge < -0.3 is 19.7 Å². The van der Waals surface area contributed by atoms with Gasteiger partial charge in [-0.15, -0.1) is 0 Å². The molecule has 0 radical (unpaired) electrons. The van der Waals surface area contributed by atoms with Crippen LogP contribution in [-0.2, 0) is 16.6 Å². The van der Waals surface area contributed by atoms with Crippen molar-refractivity contribution in [3.63, 3.8) is 0 Å². The minimum Gasteiger partial charge on any atom is -0.481 e. The molecule has 1 rings (SSSR count). The molecule has 1 unspecified atom stereocenters. The summed E-state index contributed by atoms with van der Waals surface area (Å²) in [4.78, 5) is 34.5. The predicted octanol–water partition coefficient (Wildman–Crippen LogP) is 0.837. The molecule has 1 aromatic heterocycles. The van der Waals surface area contributed by atoms with Gasteiger partial charge in [0.15, 0.2) is 5.78 Å². The molecular formula is C14H20N2O5. The molecule has 7 heteroatoms. The monoisotopic (exact) mass is 296 g/mol. The Labute approximate surface area is 122 Å². The van der Waals surface area contributed by atoms with Gasteiger partial charge in [-0.25, -0.2) is 0 Å². The predicted molar refractivity (Wildman–Crippen MR) is 75.4 cm³/mol. The molecule has 0 saturated carbocycles. The van der Waals surface area contributed by atoms with Gasteiger partial charge >= 0.3 is 5.97 Å². The van der Waals surface area contributed by atoms with Crippen molar-refractivity contribution in [1.29, 1.82) is 0 Å². The molecule has 0 aliphatic carbocycles. The first kappa shape index (κ1) is 16.9. The third kappa shape index (κ3) is 4.42. The summed E-state index contributed by atoms with van der Waals surface area (Å²) in [6.07, 6.45) is 1.29. The highest BCUT2D eigenvalue weighted by Gasteiger charge is 2.30. The van der Waals surface area contributed by atoms with E-state index in [4.69, 9.17) is 9.84 Å². The van der Waals surface area contributed by atoms with Gasteiger partial charge in [-0.1, -0.05) is 0 Å². The summed E-state index contributed by atoms with van der Waals surface area (Å²) >= 11 is 0. The van der Waals surface area contributed by atoms with Crippen molar-refractivity contribution in [2.45, 2.75) is 25.8 Å². The van der Waals surface area contributed by atoms with Crippen LogP contribution in [-0.4, -0.2) is 46.6 Å². The molecule has 1 atom stereocenters. The van der Waals surface area contributed by atoms with E-state index in [-0.39, 0.29) is 24.5 Å². The first-order chi connectivity index (χ1) is 9.68. The van der Waals surface area contributed by atoms with E-state index in [9.17, 15) is 14.4 Å². The van der Waals surface area contributed by atoms with Gasteiger partial charge in [0.05, 0.1) is 18.6 Å². The number of ether oxygens (including phenoxy) is 1. The van der Waals surface area contributed by atoms with E-state index in [2.05, 4.69) is 5.32 Å². The second-order valence-corrected chi connectivity index (χ2v) is 5.30. The molecule has 21 heavy (non-hydrogen) atoms. The number of carbonyl (C=O) groups excluding carboxylic acids is 2. The largest absolute Gasteiger partial charge is 0.481 e. The topological polar surface area (TPSA) is 97.6 Å². The fraction of sp³-hybridized carbons (Fsp3) is 0.500. The van der Waals surface area contributed by atoms with E-state index < -0.39 is 17.4 Å². The molecule has 0 spiro atoms. The van der Waals surface area contributed by atoms with Gasteiger partial charge in [-0.2, -0.15) is 0 Å². The number of nitrogens with one attached hydrogen (secondary N) is 1. The summed E-state index contributed by atoms with van der Waals surface area (Å²) in [5.74, 6) is -1.63. The van der Waals surface area contributed by atoms with Gasteiger partial charge in [0, 0.05) is 25.9 Å². The fourth-order valence-corrected chi connectivity index (χ4v) is 2.10. The molecule has 0 saturated heterocycles. The lowest BCUT2D eigenvalue weighted by molar-refractivity contribution is -0.139. The molecule has 0 aliphatic heterocycles. The van der Waals surface area contributed by atoms with Gasteiger partial charge in [0.25, 0.3) is 5.91 Å². The molecule has 1 heterocycles. The summed E-state index contributed by atoms with van der Waals surface area (Å²) in [5, 5.41) is 11.6. The number of rotatable bonds is 7. The van der Waals surface area contributed by atoms with Gasteiger partial charge in [-0.3, -0.25) is 14.4 Å². The summed E-state index contributed by atoms with van der Waals surface area (Å²) in [5.41, 5.74) is -0.319. The molecule has 0 aromatic carbocycles.